The summed E-state index contributed by atoms with van der Waals surface area (Å²) in [5.41, 5.74) is 2.61. The molecule has 0 bridgehead atoms. The van der Waals surface area contributed by atoms with Gasteiger partial charge in [-0.1, -0.05) is 24.3 Å². The first-order chi connectivity index (χ1) is 13.1. The highest BCUT2D eigenvalue weighted by molar-refractivity contribution is 5.95. The number of carbonyl (C=O) groups is 2. The van der Waals surface area contributed by atoms with E-state index in [2.05, 4.69) is 0 Å². The van der Waals surface area contributed by atoms with Crippen LogP contribution in [-0.4, -0.2) is 68.6 Å². The van der Waals surface area contributed by atoms with Gasteiger partial charge in [-0.25, -0.2) is 0 Å². The minimum atomic E-state index is -0.0374. The quantitative estimate of drug-likeness (QED) is 0.813. The second-order valence-corrected chi connectivity index (χ2v) is 6.42. The van der Waals surface area contributed by atoms with E-state index in [4.69, 9.17) is 9.47 Å². The largest absolute Gasteiger partial charge is 0.497 e. The van der Waals surface area contributed by atoms with Gasteiger partial charge in [-0.2, -0.15) is 0 Å². The molecule has 1 saturated heterocycles. The summed E-state index contributed by atoms with van der Waals surface area (Å²) in [4.78, 5) is 28.3. The summed E-state index contributed by atoms with van der Waals surface area (Å²) in [6.07, 6.45) is 0. The third-order valence-electron chi connectivity index (χ3n) is 4.70. The molecule has 1 heterocycles. The topological polar surface area (TPSA) is 59.1 Å². The summed E-state index contributed by atoms with van der Waals surface area (Å²) in [7, 11) is 3.14. The number of amides is 2. The number of ether oxygens (including phenoxy) is 2. The van der Waals surface area contributed by atoms with Crippen LogP contribution in [0.2, 0.25) is 0 Å². The van der Waals surface area contributed by atoms with E-state index in [-0.39, 0.29) is 18.4 Å². The van der Waals surface area contributed by atoms with Gasteiger partial charge < -0.3 is 19.3 Å². The smallest absolute Gasteiger partial charge is 0.253 e. The Labute approximate surface area is 159 Å². The lowest BCUT2D eigenvalue weighted by atomic mass is 10.0. The van der Waals surface area contributed by atoms with Crippen LogP contribution in [0, 0.1) is 0 Å². The van der Waals surface area contributed by atoms with Gasteiger partial charge in [0.2, 0.25) is 5.91 Å². The molecule has 0 aromatic heterocycles. The number of hydrogen-bond donors (Lipinski definition) is 0. The fourth-order valence-electron chi connectivity index (χ4n) is 3.19. The fourth-order valence-corrected chi connectivity index (χ4v) is 3.19. The van der Waals surface area contributed by atoms with E-state index in [1.165, 1.54) is 7.11 Å². The van der Waals surface area contributed by atoms with Crippen LogP contribution in [0.15, 0.2) is 48.5 Å². The molecule has 0 saturated carbocycles. The van der Waals surface area contributed by atoms with Gasteiger partial charge in [0.25, 0.3) is 5.91 Å². The van der Waals surface area contributed by atoms with Gasteiger partial charge in [0.1, 0.15) is 12.4 Å². The van der Waals surface area contributed by atoms with Gasteiger partial charge >= 0.3 is 0 Å². The Morgan fingerprint density at radius 3 is 2.19 bits per heavy atom. The first-order valence-electron chi connectivity index (χ1n) is 8.93. The highest BCUT2D eigenvalue weighted by atomic mass is 16.5. The van der Waals surface area contributed by atoms with Gasteiger partial charge in [0, 0.05) is 38.9 Å². The van der Waals surface area contributed by atoms with E-state index in [0.717, 1.165) is 16.9 Å². The molecule has 0 radical (unpaired) electrons. The van der Waals surface area contributed by atoms with Crippen LogP contribution in [0.5, 0.6) is 5.75 Å². The van der Waals surface area contributed by atoms with Gasteiger partial charge in [-0.15, -0.1) is 0 Å². The molecule has 0 spiro atoms. The Morgan fingerprint density at radius 2 is 1.52 bits per heavy atom. The molecule has 1 aliphatic rings. The van der Waals surface area contributed by atoms with Crippen LogP contribution < -0.4 is 4.74 Å². The number of carbonyl (C=O) groups excluding carboxylic acids is 2. The molecule has 0 N–H and O–H groups in total. The van der Waals surface area contributed by atoms with Crippen molar-refractivity contribution in [3.8, 4) is 16.9 Å². The van der Waals surface area contributed by atoms with Crippen LogP contribution in [-0.2, 0) is 9.53 Å². The maximum absolute atomic E-state index is 12.9. The van der Waals surface area contributed by atoms with Crippen molar-refractivity contribution in [3.63, 3.8) is 0 Å². The zero-order chi connectivity index (χ0) is 19.2. The molecule has 142 valence electrons. The lowest BCUT2D eigenvalue weighted by molar-refractivity contribution is -0.136. The number of piperazine rings is 1. The van der Waals surface area contributed by atoms with E-state index in [1.807, 2.05) is 48.5 Å². The van der Waals surface area contributed by atoms with E-state index >= 15 is 0 Å². The van der Waals surface area contributed by atoms with E-state index < -0.39 is 0 Å². The highest BCUT2D eigenvalue weighted by Gasteiger charge is 2.24. The molecule has 2 aromatic rings. The predicted molar refractivity (Wildman–Crippen MR) is 103 cm³/mol. The fraction of sp³-hybridized carbons (Fsp3) is 0.333. The van der Waals surface area contributed by atoms with E-state index in [1.54, 1.807) is 16.9 Å². The zero-order valence-corrected chi connectivity index (χ0v) is 15.7. The normalized spacial score (nSPS) is 14.1. The van der Waals surface area contributed by atoms with E-state index in [0.29, 0.717) is 31.7 Å². The van der Waals surface area contributed by atoms with Crippen molar-refractivity contribution in [2.45, 2.75) is 0 Å². The van der Waals surface area contributed by atoms with Gasteiger partial charge in [0.15, 0.2) is 0 Å². The number of methoxy groups -OCH3 is 2. The van der Waals surface area contributed by atoms with Crippen molar-refractivity contribution >= 4 is 11.8 Å². The maximum atomic E-state index is 12.9. The summed E-state index contributed by atoms with van der Waals surface area (Å²) in [5, 5.41) is 0. The molecule has 27 heavy (non-hydrogen) atoms. The Bertz CT molecular complexity index is 813. The number of benzene rings is 2. The second-order valence-electron chi connectivity index (χ2n) is 6.42. The Kier molecular flexibility index (Phi) is 6.08. The van der Waals surface area contributed by atoms with Crippen LogP contribution in [0.3, 0.4) is 0 Å². The lowest BCUT2D eigenvalue weighted by Gasteiger charge is -2.34. The highest BCUT2D eigenvalue weighted by Crippen LogP contribution is 2.25. The SMILES string of the molecule is COCC(=O)N1CCN(C(=O)c2cccc(-c3cccc(OC)c3)c2)CC1. The van der Waals surface area contributed by atoms with Crippen molar-refractivity contribution in [1.82, 2.24) is 9.80 Å². The maximum Gasteiger partial charge on any atom is 0.253 e. The number of nitrogens with zero attached hydrogens (tertiary/aromatic N) is 2. The zero-order valence-electron chi connectivity index (χ0n) is 15.7. The molecule has 6 heteroatoms. The molecule has 1 fully saturated rings. The van der Waals surface area contributed by atoms with Crippen molar-refractivity contribution in [2.24, 2.45) is 0 Å². The minimum Gasteiger partial charge on any atom is -0.497 e. The number of rotatable bonds is 5. The molecule has 0 unspecified atom stereocenters. The molecule has 1 aliphatic heterocycles. The van der Waals surface area contributed by atoms with Crippen molar-refractivity contribution < 1.29 is 19.1 Å². The first kappa shape index (κ1) is 18.9. The average molecular weight is 368 g/mol. The molecule has 2 amide bonds. The monoisotopic (exact) mass is 368 g/mol. The third kappa shape index (κ3) is 4.46. The van der Waals surface area contributed by atoms with Crippen molar-refractivity contribution in [3.05, 3.63) is 54.1 Å². The van der Waals surface area contributed by atoms with Crippen LogP contribution in [0.1, 0.15) is 10.4 Å². The molecule has 6 nitrogen and oxygen atoms in total. The van der Waals surface area contributed by atoms with Gasteiger partial charge in [0.05, 0.1) is 7.11 Å². The average Bonchev–Trinajstić information content (AvgIpc) is 2.73. The van der Waals surface area contributed by atoms with Crippen LogP contribution in [0.25, 0.3) is 11.1 Å². The predicted octanol–water partition coefficient (Wildman–Crippen LogP) is 2.29. The summed E-state index contributed by atoms with van der Waals surface area (Å²) >= 11 is 0. The Hall–Kier alpha value is -2.86. The molecule has 2 aromatic carbocycles. The van der Waals surface area contributed by atoms with Gasteiger partial charge in [-0.3, -0.25) is 9.59 Å². The Morgan fingerprint density at radius 1 is 0.889 bits per heavy atom. The standard InChI is InChI=1S/C21H24N2O4/c1-26-15-20(24)22-9-11-23(12-10-22)21(25)18-7-3-5-16(13-18)17-6-4-8-19(14-17)27-2/h3-8,13-14H,9-12,15H2,1-2H3. The lowest BCUT2D eigenvalue weighted by Crippen LogP contribution is -2.51. The van der Waals surface area contributed by atoms with Crippen molar-refractivity contribution in [1.29, 1.82) is 0 Å². The van der Waals surface area contributed by atoms with Crippen LogP contribution >= 0.6 is 0 Å². The van der Waals surface area contributed by atoms with Crippen molar-refractivity contribution in [2.75, 3.05) is 47.0 Å². The Balaban J connectivity index is 1.70. The van der Waals surface area contributed by atoms with Gasteiger partial charge in [-0.05, 0) is 35.4 Å². The summed E-state index contributed by atoms with van der Waals surface area (Å²) in [6, 6.07) is 15.4. The van der Waals surface area contributed by atoms with E-state index in [9.17, 15) is 9.59 Å². The summed E-state index contributed by atoms with van der Waals surface area (Å²) in [5.74, 6) is 0.726. The molecular weight excluding hydrogens is 344 g/mol. The first-order valence-corrected chi connectivity index (χ1v) is 8.93. The second kappa shape index (κ2) is 8.68. The molecule has 0 aliphatic carbocycles. The summed E-state index contributed by atoms with van der Waals surface area (Å²) in [6.45, 7) is 2.19. The van der Waals surface area contributed by atoms with Crippen LogP contribution in [0.4, 0.5) is 0 Å². The number of hydrogen-bond acceptors (Lipinski definition) is 4. The molecule has 3 rings (SSSR count). The third-order valence-corrected chi connectivity index (χ3v) is 4.70. The summed E-state index contributed by atoms with van der Waals surface area (Å²) < 4.78 is 10.2. The molecular formula is C21H24N2O4. The molecule has 0 atom stereocenters. The minimum absolute atomic E-state index is 0.0152.